The molecule has 0 saturated heterocycles. The predicted molar refractivity (Wildman–Crippen MR) is 74.9 cm³/mol. The molecule has 0 spiro atoms. The Hall–Kier alpha value is -1.39. The summed E-state index contributed by atoms with van der Waals surface area (Å²) in [5.74, 6) is -0.00275. The third-order valence-electron chi connectivity index (χ3n) is 3.03. The summed E-state index contributed by atoms with van der Waals surface area (Å²) in [5, 5.41) is 12.2. The van der Waals surface area contributed by atoms with Crippen LogP contribution in [-0.4, -0.2) is 36.1 Å². The summed E-state index contributed by atoms with van der Waals surface area (Å²) < 4.78 is 1.29. The minimum atomic E-state index is -0.0788. The molecule has 0 aliphatic rings. The highest BCUT2D eigenvalue weighted by Gasteiger charge is 2.09. The summed E-state index contributed by atoms with van der Waals surface area (Å²) in [4.78, 5) is 13.2. The number of hydrogen-bond acceptors (Lipinski definition) is 3. The second-order valence-electron chi connectivity index (χ2n) is 4.30. The summed E-state index contributed by atoms with van der Waals surface area (Å²) >= 11 is 1.74. The lowest BCUT2D eigenvalue weighted by atomic mass is 10.1. The van der Waals surface area contributed by atoms with Crippen molar-refractivity contribution in [3.05, 3.63) is 35.2 Å². The van der Waals surface area contributed by atoms with E-state index in [0.717, 1.165) is 6.42 Å². The van der Waals surface area contributed by atoms with Crippen LogP contribution in [0.2, 0.25) is 0 Å². The van der Waals surface area contributed by atoms with Crippen molar-refractivity contribution in [3.8, 4) is 0 Å². The monoisotopic (exact) mass is 263 g/mol. The van der Waals surface area contributed by atoms with Gasteiger partial charge in [-0.3, -0.25) is 4.79 Å². The van der Waals surface area contributed by atoms with Crippen molar-refractivity contribution in [2.75, 3.05) is 20.2 Å². The van der Waals surface area contributed by atoms with Gasteiger partial charge in [0, 0.05) is 24.7 Å². The molecule has 1 N–H and O–H groups in total. The Bertz CT molecular complexity index is 535. The first kappa shape index (κ1) is 13.1. The van der Waals surface area contributed by atoms with Crippen LogP contribution in [0.5, 0.6) is 0 Å². The lowest BCUT2D eigenvalue weighted by Gasteiger charge is -2.16. The maximum atomic E-state index is 11.5. The molecular formula is C14H17NO2S. The van der Waals surface area contributed by atoms with Crippen molar-refractivity contribution in [2.24, 2.45) is 0 Å². The molecule has 0 aliphatic carbocycles. The van der Waals surface area contributed by atoms with E-state index < -0.39 is 0 Å². The molecule has 0 unspecified atom stereocenters. The summed E-state index contributed by atoms with van der Waals surface area (Å²) in [6, 6.07) is 8.32. The number of aliphatic hydroxyl groups excluding tert-OH is 1. The molecule has 0 aliphatic heterocycles. The molecule has 1 aromatic carbocycles. The number of fused-ring (bicyclic) bond motifs is 1. The van der Waals surface area contributed by atoms with Crippen molar-refractivity contribution < 1.29 is 9.90 Å². The number of likely N-dealkylation sites (N-methyl/N-ethyl adjacent to an activating group) is 1. The van der Waals surface area contributed by atoms with Gasteiger partial charge in [0.1, 0.15) is 0 Å². The number of carbonyl (C=O) groups excluding carboxylic acids is 1. The minimum absolute atomic E-state index is 0.00275. The van der Waals surface area contributed by atoms with Crippen molar-refractivity contribution in [3.63, 3.8) is 0 Å². The van der Waals surface area contributed by atoms with E-state index in [9.17, 15) is 4.79 Å². The molecule has 4 heteroatoms. The van der Waals surface area contributed by atoms with Gasteiger partial charge in [-0.25, -0.2) is 0 Å². The van der Waals surface area contributed by atoms with E-state index in [1.807, 2.05) is 12.1 Å². The van der Waals surface area contributed by atoms with Gasteiger partial charge in [0.05, 0.1) is 6.61 Å². The van der Waals surface area contributed by atoms with Crippen molar-refractivity contribution >= 4 is 27.3 Å². The molecule has 0 radical (unpaired) electrons. The largest absolute Gasteiger partial charge is 0.396 e. The smallest absolute Gasteiger partial charge is 0.224 e. The molecule has 2 aromatic rings. The quantitative estimate of drug-likeness (QED) is 0.899. The summed E-state index contributed by atoms with van der Waals surface area (Å²) in [6.45, 7) is 0.615. The number of rotatable bonds is 5. The molecule has 1 aromatic heterocycles. The highest BCUT2D eigenvalue weighted by atomic mass is 32.1. The van der Waals surface area contributed by atoms with Crippen LogP contribution in [-0.2, 0) is 11.2 Å². The molecule has 0 saturated carbocycles. The second-order valence-corrected chi connectivity index (χ2v) is 5.21. The topological polar surface area (TPSA) is 40.5 Å². The molecule has 1 amide bonds. The van der Waals surface area contributed by atoms with Crippen LogP contribution >= 0.6 is 11.3 Å². The maximum Gasteiger partial charge on any atom is 0.224 e. The Morgan fingerprint density at radius 3 is 2.94 bits per heavy atom. The van der Waals surface area contributed by atoms with Gasteiger partial charge >= 0.3 is 0 Å². The van der Waals surface area contributed by atoms with Crippen LogP contribution in [0.15, 0.2) is 29.6 Å². The maximum absolute atomic E-state index is 11.5. The SMILES string of the molecule is CN(CCc1csc2ccccc12)C(=O)CCO. The average molecular weight is 263 g/mol. The van der Waals surface area contributed by atoms with E-state index in [-0.39, 0.29) is 18.9 Å². The molecule has 2 rings (SSSR count). The van der Waals surface area contributed by atoms with Gasteiger partial charge in [-0.05, 0) is 28.8 Å². The van der Waals surface area contributed by atoms with Gasteiger partial charge in [-0.15, -0.1) is 11.3 Å². The molecule has 0 bridgehead atoms. The zero-order chi connectivity index (χ0) is 13.0. The summed E-state index contributed by atoms with van der Waals surface area (Å²) in [5.41, 5.74) is 1.29. The zero-order valence-corrected chi connectivity index (χ0v) is 11.2. The van der Waals surface area contributed by atoms with Crippen LogP contribution in [0.3, 0.4) is 0 Å². The summed E-state index contributed by atoms with van der Waals surface area (Å²) in [6.07, 6.45) is 1.07. The van der Waals surface area contributed by atoms with Gasteiger partial charge in [-0.1, -0.05) is 18.2 Å². The molecule has 96 valence electrons. The molecule has 18 heavy (non-hydrogen) atoms. The number of nitrogens with zero attached hydrogens (tertiary/aromatic N) is 1. The number of aliphatic hydroxyl groups is 1. The van der Waals surface area contributed by atoms with Gasteiger partial charge < -0.3 is 10.0 Å². The van der Waals surface area contributed by atoms with E-state index >= 15 is 0 Å². The van der Waals surface area contributed by atoms with Crippen LogP contribution < -0.4 is 0 Å². The fourth-order valence-corrected chi connectivity index (χ4v) is 2.92. The standard InChI is InChI=1S/C14H17NO2S/c1-15(14(17)7-9-16)8-6-11-10-18-13-5-3-2-4-12(11)13/h2-5,10,16H,6-9H2,1H3. The second kappa shape index (κ2) is 5.98. The fraction of sp³-hybridized carbons (Fsp3) is 0.357. The summed E-state index contributed by atoms with van der Waals surface area (Å²) in [7, 11) is 1.78. The lowest BCUT2D eigenvalue weighted by Crippen LogP contribution is -2.29. The van der Waals surface area contributed by atoms with Gasteiger partial charge in [0.25, 0.3) is 0 Å². The molecule has 1 heterocycles. The molecule has 0 fully saturated rings. The van der Waals surface area contributed by atoms with E-state index in [1.165, 1.54) is 15.6 Å². The van der Waals surface area contributed by atoms with E-state index in [1.54, 1.807) is 23.3 Å². The Labute approximate surface area is 111 Å². The Kier molecular flexibility index (Phi) is 4.33. The Balaban J connectivity index is 2.00. The molecule has 0 atom stereocenters. The van der Waals surface area contributed by atoms with Crippen LogP contribution in [0.25, 0.3) is 10.1 Å². The highest BCUT2D eigenvalue weighted by Crippen LogP contribution is 2.25. The third-order valence-corrected chi connectivity index (χ3v) is 4.04. The normalized spacial score (nSPS) is 10.8. The first-order valence-electron chi connectivity index (χ1n) is 6.02. The van der Waals surface area contributed by atoms with Crippen molar-refractivity contribution in [1.29, 1.82) is 0 Å². The lowest BCUT2D eigenvalue weighted by molar-refractivity contribution is -0.130. The molecular weight excluding hydrogens is 246 g/mol. The number of carbonyl (C=O) groups is 1. The van der Waals surface area contributed by atoms with Crippen molar-refractivity contribution in [2.45, 2.75) is 12.8 Å². The van der Waals surface area contributed by atoms with E-state index in [0.29, 0.717) is 6.54 Å². The van der Waals surface area contributed by atoms with Gasteiger partial charge in [0.15, 0.2) is 0 Å². The Morgan fingerprint density at radius 1 is 1.39 bits per heavy atom. The number of benzene rings is 1. The van der Waals surface area contributed by atoms with E-state index in [2.05, 4.69) is 17.5 Å². The minimum Gasteiger partial charge on any atom is -0.396 e. The highest BCUT2D eigenvalue weighted by molar-refractivity contribution is 7.17. The molecule has 3 nitrogen and oxygen atoms in total. The van der Waals surface area contributed by atoms with Crippen LogP contribution in [0.1, 0.15) is 12.0 Å². The van der Waals surface area contributed by atoms with Crippen LogP contribution in [0.4, 0.5) is 0 Å². The van der Waals surface area contributed by atoms with E-state index in [4.69, 9.17) is 5.11 Å². The number of thiophene rings is 1. The third kappa shape index (κ3) is 2.89. The predicted octanol–water partition coefficient (Wildman–Crippen LogP) is 2.28. The van der Waals surface area contributed by atoms with Gasteiger partial charge in [0.2, 0.25) is 5.91 Å². The first-order valence-corrected chi connectivity index (χ1v) is 6.90. The first-order chi connectivity index (χ1) is 8.72. The van der Waals surface area contributed by atoms with Crippen molar-refractivity contribution in [1.82, 2.24) is 4.90 Å². The fourth-order valence-electron chi connectivity index (χ4n) is 1.93. The van der Waals surface area contributed by atoms with Gasteiger partial charge in [-0.2, -0.15) is 0 Å². The van der Waals surface area contributed by atoms with Crippen LogP contribution in [0, 0.1) is 0 Å². The average Bonchev–Trinajstić information content (AvgIpc) is 2.79. The Morgan fingerprint density at radius 2 is 2.17 bits per heavy atom. The number of amides is 1. The zero-order valence-electron chi connectivity index (χ0n) is 10.4. The number of hydrogen-bond donors (Lipinski definition) is 1.